The first-order valence-corrected chi connectivity index (χ1v) is 6.09. The predicted octanol–water partition coefficient (Wildman–Crippen LogP) is 3.62. The van der Waals surface area contributed by atoms with Crippen molar-refractivity contribution >= 4 is 6.16 Å². The van der Waals surface area contributed by atoms with E-state index in [9.17, 15) is 4.79 Å². The average molecular weight is 262 g/mol. The molecule has 18 heavy (non-hydrogen) atoms. The normalized spacial score (nSPS) is 16.5. The molecular weight excluding hydrogens is 236 g/mol. The van der Waals surface area contributed by atoms with Crippen molar-refractivity contribution in [2.45, 2.75) is 73.1 Å². The van der Waals surface area contributed by atoms with Crippen molar-refractivity contribution in [1.29, 1.82) is 0 Å². The van der Waals surface area contributed by atoms with E-state index >= 15 is 0 Å². The second kappa shape index (κ2) is 5.45. The van der Waals surface area contributed by atoms with Crippen molar-refractivity contribution in [2.75, 3.05) is 0 Å². The van der Waals surface area contributed by atoms with Crippen LogP contribution < -0.4 is 0 Å². The molecule has 0 aromatic carbocycles. The van der Waals surface area contributed by atoms with Gasteiger partial charge in [-0.1, -0.05) is 20.8 Å². The molecule has 0 fully saturated rings. The Morgan fingerprint density at radius 3 is 1.72 bits per heavy atom. The first-order valence-electron chi connectivity index (χ1n) is 6.09. The van der Waals surface area contributed by atoms with Crippen molar-refractivity contribution in [2.24, 2.45) is 5.41 Å². The van der Waals surface area contributed by atoms with Gasteiger partial charge in [-0.15, -0.1) is 0 Å². The van der Waals surface area contributed by atoms with Gasteiger partial charge in [0.2, 0.25) is 0 Å². The summed E-state index contributed by atoms with van der Waals surface area (Å²) in [5, 5.41) is 8.94. The highest BCUT2D eigenvalue weighted by atomic mass is 16.9. The topological polar surface area (TPSA) is 65.0 Å². The van der Waals surface area contributed by atoms with Gasteiger partial charge in [0.25, 0.3) is 0 Å². The molecule has 0 bridgehead atoms. The van der Waals surface area contributed by atoms with E-state index in [1.54, 1.807) is 13.8 Å². The van der Waals surface area contributed by atoms with Crippen LogP contribution in [0.25, 0.3) is 0 Å². The molecule has 0 aliphatic heterocycles. The quantitative estimate of drug-likeness (QED) is 0.619. The van der Waals surface area contributed by atoms with Gasteiger partial charge in [0.05, 0.1) is 17.1 Å². The summed E-state index contributed by atoms with van der Waals surface area (Å²) < 4.78 is 16.4. The molecule has 0 saturated heterocycles. The van der Waals surface area contributed by atoms with E-state index < -0.39 is 23.1 Å². The Balaban J connectivity index is 5.47. The van der Waals surface area contributed by atoms with Crippen molar-refractivity contribution in [3.63, 3.8) is 0 Å². The average Bonchev–Trinajstić information content (AvgIpc) is 1.93. The number of hydrogen-bond donors (Lipinski definition) is 1. The molecule has 1 atom stereocenters. The molecule has 0 heterocycles. The zero-order valence-electron chi connectivity index (χ0n) is 12.7. The summed E-state index contributed by atoms with van der Waals surface area (Å²) in [6, 6.07) is 0. The van der Waals surface area contributed by atoms with Gasteiger partial charge in [0.1, 0.15) is 0 Å². The third kappa shape index (κ3) is 5.23. The van der Waals surface area contributed by atoms with Gasteiger partial charge in [0, 0.05) is 0 Å². The van der Waals surface area contributed by atoms with Crippen molar-refractivity contribution in [1.82, 2.24) is 0 Å². The van der Waals surface area contributed by atoms with E-state index in [1.165, 1.54) is 0 Å². The van der Waals surface area contributed by atoms with Crippen molar-refractivity contribution in [3.8, 4) is 0 Å². The minimum absolute atomic E-state index is 0.231. The number of ether oxygens (including phenoxy) is 3. The first kappa shape index (κ1) is 17.2. The Bertz CT molecular complexity index is 285. The Morgan fingerprint density at radius 2 is 1.50 bits per heavy atom. The first-order chi connectivity index (χ1) is 7.79. The maximum atomic E-state index is 10.9. The van der Waals surface area contributed by atoms with Crippen LogP contribution in [0, 0.1) is 5.41 Å². The molecule has 1 N–H and O–H groups in total. The van der Waals surface area contributed by atoms with E-state index in [1.807, 2.05) is 41.5 Å². The van der Waals surface area contributed by atoms with Crippen LogP contribution in [0.5, 0.6) is 0 Å². The van der Waals surface area contributed by atoms with Crippen LogP contribution in [0.3, 0.4) is 0 Å². The lowest BCUT2D eigenvalue weighted by molar-refractivity contribution is -0.434. The molecular formula is C13H26O5. The van der Waals surface area contributed by atoms with E-state index in [4.69, 9.17) is 19.3 Å². The lowest BCUT2D eigenvalue weighted by Gasteiger charge is -2.45. The van der Waals surface area contributed by atoms with Crippen LogP contribution in [0.2, 0.25) is 0 Å². The van der Waals surface area contributed by atoms with Crippen LogP contribution in [0.15, 0.2) is 0 Å². The summed E-state index contributed by atoms with van der Waals surface area (Å²) in [5.74, 6) is -1.63. The summed E-state index contributed by atoms with van der Waals surface area (Å²) in [6.07, 6.45) is -1.65. The number of carboxylic acid groups (broad SMARTS) is 1. The number of rotatable bonds is 4. The van der Waals surface area contributed by atoms with Gasteiger partial charge in [-0.25, -0.2) is 4.79 Å². The fourth-order valence-electron chi connectivity index (χ4n) is 1.38. The SMILES string of the molecule is CC(C)OC(OC(=O)O)(OC(C)(C)C)C(C)(C)C. The van der Waals surface area contributed by atoms with E-state index in [0.717, 1.165) is 0 Å². The summed E-state index contributed by atoms with van der Waals surface area (Å²) in [7, 11) is 0. The summed E-state index contributed by atoms with van der Waals surface area (Å²) in [4.78, 5) is 10.9. The molecule has 108 valence electrons. The maximum Gasteiger partial charge on any atom is 0.510 e. The molecule has 0 amide bonds. The Labute approximate surface area is 109 Å². The Morgan fingerprint density at radius 1 is 1.06 bits per heavy atom. The maximum absolute atomic E-state index is 10.9. The van der Waals surface area contributed by atoms with Gasteiger partial charge in [0.15, 0.2) is 0 Å². The van der Waals surface area contributed by atoms with Gasteiger partial charge >= 0.3 is 12.1 Å². The summed E-state index contributed by atoms with van der Waals surface area (Å²) in [6.45, 7) is 14.5. The largest absolute Gasteiger partial charge is 0.510 e. The van der Waals surface area contributed by atoms with Crippen LogP contribution in [0.1, 0.15) is 55.4 Å². The van der Waals surface area contributed by atoms with Crippen LogP contribution in [-0.2, 0) is 14.2 Å². The van der Waals surface area contributed by atoms with Crippen LogP contribution in [-0.4, -0.2) is 28.9 Å². The lowest BCUT2D eigenvalue weighted by Crippen LogP contribution is -2.55. The minimum atomic E-state index is -1.63. The zero-order chi connectivity index (χ0) is 14.8. The highest BCUT2D eigenvalue weighted by Crippen LogP contribution is 2.40. The molecule has 0 spiro atoms. The zero-order valence-corrected chi connectivity index (χ0v) is 12.7. The van der Waals surface area contributed by atoms with Gasteiger partial charge in [-0.2, -0.15) is 0 Å². The van der Waals surface area contributed by atoms with Gasteiger partial charge in [-0.05, 0) is 34.6 Å². The molecule has 0 radical (unpaired) electrons. The number of hydrogen-bond acceptors (Lipinski definition) is 4. The van der Waals surface area contributed by atoms with Crippen LogP contribution >= 0.6 is 0 Å². The monoisotopic (exact) mass is 262 g/mol. The molecule has 1 unspecified atom stereocenters. The van der Waals surface area contributed by atoms with E-state index in [2.05, 4.69) is 0 Å². The van der Waals surface area contributed by atoms with E-state index in [-0.39, 0.29) is 6.10 Å². The second-order valence-electron chi connectivity index (χ2n) is 6.56. The molecule has 0 rings (SSSR count). The molecule has 0 saturated carbocycles. The molecule has 0 aromatic heterocycles. The second-order valence-corrected chi connectivity index (χ2v) is 6.56. The van der Waals surface area contributed by atoms with Gasteiger partial charge in [-0.3, -0.25) is 0 Å². The third-order valence-corrected chi connectivity index (χ3v) is 1.97. The molecule has 0 aliphatic rings. The lowest BCUT2D eigenvalue weighted by atomic mass is 9.92. The standard InChI is InChI=1S/C13H26O5/c1-9(2)16-13(11(3,4)5,17-10(14)15)18-12(6,7)8/h9H,1-8H3,(H,14,15). The molecule has 5 nitrogen and oxygen atoms in total. The molecule has 0 aromatic rings. The predicted molar refractivity (Wildman–Crippen MR) is 68.4 cm³/mol. The van der Waals surface area contributed by atoms with Crippen molar-refractivity contribution in [3.05, 3.63) is 0 Å². The fraction of sp³-hybridized carbons (Fsp3) is 0.923. The fourth-order valence-corrected chi connectivity index (χ4v) is 1.38. The van der Waals surface area contributed by atoms with Crippen molar-refractivity contribution < 1.29 is 24.1 Å². The Hall–Kier alpha value is -0.810. The highest BCUT2D eigenvalue weighted by Gasteiger charge is 2.52. The molecule has 0 aliphatic carbocycles. The summed E-state index contributed by atoms with van der Waals surface area (Å²) >= 11 is 0. The third-order valence-electron chi connectivity index (χ3n) is 1.97. The highest BCUT2D eigenvalue weighted by molar-refractivity contribution is 5.57. The Kier molecular flexibility index (Phi) is 5.20. The van der Waals surface area contributed by atoms with Crippen LogP contribution in [0.4, 0.5) is 4.79 Å². The smallest absolute Gasteiger partial charge is 0.450 e. The number of carbonyl (C=O) groups is 1. The van der Waals surface area contributed by atoms with Gasteiger partial charge < -0.3 is 19.3 Å². The summed E-state index contributed by atoms with van der Waals surface area (Å²) in [5.41, 5.74) is -1.26. The molecule has 5 heteroatoms. The minimum Gasteiger partial charge on any atom is -0.450 e. The van der Waals surface area contributed by atoms with E-state index in [0.29, 0.717) is 0 Å².